The highest BCUT2D eigenvalue weighted by Crippen LogP contribution is 2.41. The molecule has 3 heterocycles. The van der Waals surface area contributed by atoms with Gasteiger partial charge in [-0.25, -0.2) is 9.37 Å². The Morgan fingerprint density at radius 2 is 1.96 bits per heavy atom. The highest BCUT2D eigenvalue weighted by Gasteiger charge is 2.30. The number of imidazole rings is 1. The maximum absolute atomic E-state index is 13.2. The maximum Gasteiger partial charge on any atom is 0.271 e. The van der Waals surface area contributed by atoms with Gasteiger partial charge in [-0.2, -0.15) is 0 Å². The fourth-order valence-corrected chi connectivity index (χ4v) is 3.42. The average molecular weight is 352 g/mol. The van der Waals surface area contributed by atoms with Crippen LogP contribution < -0.4 is 5.32 Å². The minimum Gasteiger partial charge on any atom is -0.360 e. The van der Waals surface area contributed by atoms with E-state index in [0.717, 1.165) is 29.9 Å². The second kappa shape index (κ2) is 5.79. The third-order valence-corrected chi connectivity index (χ3v) is 5.05. The largest absolute Gasteiger partial charge is 0.360 e. The minimum atomic E-state index is -0.270. The van der Waals surface area contributed by atoms with E-state index in [4.69, 9.17) is 4.52 Å². The molecule has 0 spiro atoms. The van der Waals surface area contributed by atoms with Gasteiger partial charge in [0.25, 0.3) is 5.91 Å². The van der Waals surface area contributed by atoms with Crippen LogP contribution in [0.25, 0.3) is 11.5 Å². The van der Waals surface area contributed by atoms with E-state index in [-0.39, 0.29) is 17.6 Å². The van der Waals surface area contributed by atoms with Crippen molar-refractivity contribution in [2.45, 2.75) is 31.1 Å². The van der Waals surface area contributed by atoms with Gasteiger partial charge in [-0.15, -0.1) is 0 Å². The fourth-order valence-electron chi connectivity index (χ4n) is 3.42. The Morgan fingerprint density at radius 1 is 1.15 bits per heavy atom. The molecule has 5 rings (SSSR count). The number of fused-ring (bicyclic) bond motifs is 1. The van der Waals surface area contributed by atoms with Crippen molar-refractivity contribution in [2.75, 3.05) is 6.54 Å². The molecule has 0 bridgehead atoms. The summed E-state index contributed by atoms with van der Waals surface area (Å²) in [5.74, 6) is 1.45. The van der Waals surface area contributed by atoms with Crippen molar-refractivity contribution in [2.24, 2.45) is 0 Å². The molecular formula is C19H17FN4O2. The third kappa shape index (κ3) is 2.69. The topological polar surface area (TPSA) is 83.8 Å². The summed E-state index contributed by atoms with van der Waals surface area (Å²) in [5.41, 5.74) is 2.75. The van der Waals surface area contributed by atoms with Gasteiger partial charge >= 0.3 is 0 Å². The van der Waals surface area contributed by atoms with E-state index in [0.29, 0.717) is 36.1 Å². The summed E-state index contributed by atoms with van der Waals surface area (Å²) in [5, 5.41) is 6.99. The van der Waals surface area contributed by atoms with Crippen molar-refractivity contribution in [3.05, 3.63) is 58.9 Å². The summed E-state index contributed by atoms with van der Waals surface area (Å²) in [6, 6.07) is 8.29. The number of H-pyrrole nitrogens is 1. The molecule has 132 valence electrons. The molecule has 2 N–H and O–H groups in total. The van der Waals surface area contributed by atoms with E-state index in [1.165, 1.54) is 12.1 Å². The SMILES string of the molecule is O=C1NCC(c2ccc(F)cc2)Cc2[nH]c(-c3cc(C4CC4)on3)nc21. The number of nitrogens with zero attached hydrogens (tertiary/aromatic N) is 2. The first-order chi connectivity index (χ1) is 12.7. The van der Waals surface area contributed by atoms with Crippen molar-refractivity contribution < 1.29 is 13.7 Å². The molecule has 1 aliphatic carbocycles. The number of amides is 1. The second-order valence-electron chi connectivity index (χ2n) is 6.96. The summed E-state index contributed by atoms with van der Waals surface area (Å²) in [4.78, 5) is 20.1. The summed E-state index contributed by atoms with van der Waals surface area (Å²) < 4.78 is 18.6. The van der Waals surface area contributed by atoms with Gasteiger partial charge in [0.1, 0.15) is 23.0 Å². The molecule has 1 aromatic carbocycles. The lowest BCUT2D eigenvalue weighted by Gasteiger charge is -2.14. The monoisotopic (exact) mass is 352 g/mol. The molecule has 1 atom stereocenters. The first kappa shape index (κ1) is 15.3. The number of benzene rings is 1. The van der Waals surface area contributed by atoms with Gasteiger partial charge in [-0.1, -0.05) is 17.3 Å². The van der Waals surface area contributed by atoms with E-state index in [9.17, 15) is 9.18 Å². The van der Waals surface area contributed by atoms with Gasteiger partial charge in [0.2, 0.25) is 0 Å². The predicted molar refractivity (Wildman–Crippen MR) is 91.2 cm³/mol. The molecule has 1 unspecified atom stereocenters. The van der Waals surface area contributed by atoms with Gasteiger partial charge in [0, 0.05) is 30.1 Å². The lowest BCUT2D eigenvalue weighted by molar-refractivity contribution is 0.0950. The number of hydrogen-bond donors (Lipinski definition) is 2. The molecular weight excluding hydrogens is 335 g/mol. The summed E-state index contributed by atoms with van der Waals surface area (Å²) >= 11 is 0. The normalized spacial score (nSPS) is 19.7. The lowest BCUT2D eigenvalue weighted by atomic mass is 9.94. The smallest absolute Gasteiger partial charge is 0.271 e. The molecule has 7 heteroatoms. The number of hydrogen-bond acceptors (Lipinski definition) is 4. The Kier molecular flexibility index (Phi) is 3.41. The van der Waals surface area contributed by atoms with Crippen molar-refractivity contribution in [1.29, 1.82) is 0 Å². The first-order valence-corrected chi connectivity index (χ1v) is 8.77. The number of rotatable bonds is 3. The third-order valence-electron chi connectivity index (χ3n) is 5.05. The van der Waals surface area contributed by atoms with Crippen LogP contribution in [0.2, 0.25) is 0 Å². The number of carbonyl (C=O) groups is 1. The molecule has 3 aromatic rings. The molecule has 1 saturated carbocycles. The number of aromatic nitrogens is 3. The highest BCUT2D eigenvalue weighted by molar-refractivity contribution is 5.94. The molecule has 2 aliphatic rings. The quantitative estimate of drug-likeness (QED) is 0.758. The van der Waals surface area contributed by atoms with Crippen molar-refractivity contribution in [3.63, 3.8) is 0 Å². The number of carbonyl (C=O) groups excluding carboxylic acids is 1. The summed E-state index contributed by atoms with van der Waals surface area (Å²) in [6.45, 7) is 0.486. The standard InChI is InChI=1S/C19H17FN4O2/c20-13-5-3-10(4-6-13)12-7-14-17(19(25)21-9-12)23-18(22-14)15-8-16(26-24-15)11-1-2-11/h3-6,8,11-12H,1-2,7,9H2,(H,21,25)(H,22,23). The maximum atomic E-state index is 13.2. The molecule has 6 nitrogen and oxygen atoms in total. The van der Waals surface area contributed by atoms with Crippen LogP contribution in [0.15, 0.2) is 34.9 Å². The highest BCUT2D eigenvalue weighted by atomic mass is 19.1. The van der Waals surface area contributed by atoms with Crippen LogP contribution in [0.3, 0.4) is 0 Å². The van der Waals surface area contributed by atoms with Gasteiger partial charge in [-0.05, 0) is 37.0 Å². The van der Waals surface area contributed by atoms with Crippen molar-refractivity contribution in [1.82, 2.24) is 20.4 Å². The zero-order valence-electron chi connectivity index (χ0n) is 14.0. The Balaban J connectivity index is 1.46. The van der Waals surface area contributed by atoms with E-state index < -0.39 is 0 Å². The Morgan fingerprint density at radius 3 is 2.73 bits per heavy atom. The van der Waals surface area contributed by atoms with E-state index in [2.05, 4.69) is 20.4 Å². The van der Waals surface area contributed by atoms with Crippen LogP contribution in [0.1, 0.15) is 52.2 Å². The van der Waals surface area contributed by atoms with Gasteiger partial charge in [-0.3, -0.25) is 4.79 Å². The molecule has 1 amide bonds. The molecule has 0 saturated heterocycles. The van der Waals surface area contributed by atoms with Gasteiger partial charge in [0.15, 0.2) is 5.82 Å². The van der Waals surface area contributed by atoms with Crippen LogP contribution in [0.4, 0.5) is 4.39 Å². The Labute approximate surface area is 148 Å². The first-order valence-electron chi connectivity index (χ1n) is 8.77. The molecule has 26 heavy (non-hydrogen) atoms. The average Bonchev–Trinajstić information content (AvgIpc) is 3.26. The van der Waals surface area contributed by atoms with Gasteiger partial charge < -0.3 is 14.8 Å². The number of nitrogens with one attached hydrogen (secondary N) is 2. The minimum absolute atomic E-state index is 0.0495. The van der Waals surface area contributed by atoms with Gasteiger partial charge in [0.05, 0.1) is 0 Å². The molecule has 2 aromatic heterocycles. The summed E-state index contributed by atoms with van der Waals surface area (Å²) in [6.07, 6.45) is 2.87. The summed E-state index contributed by atoms with van der Waals surface area (Å²) in [7, 11) is 0. The Hall–Kier alpha value is -2.96. The van der Waals surface area contributed by atoms with Crippen LogP contribution in [-0.2, 0) is 6.42 Å². The lowest BCUT2D eigenvalue weighted by Crippen LogP contribution is -2.26. The zero-order chi connectivity index (χ0) is 17.7. The van der Waals surface area contributed by atoms with Crippen LogP contribution in [-0.4, -0.2) is 27.6 Å². The van der Waals surface area contributed by atoms with Crippen LogP contribution in [0.5, 0.6) is 0 Å². The number of aromatic amines is 1. The van der Waals surface area contributed by atoms with Crippen molar-refractivity contribution in [3.8, 4) is 11.5 Å². The molecule has 1 aliphatic heterocycles. The molecule has 1 fully saturated rings. The fraction of sp³-hybridized carbons (Fsp3) is 0.316. The molecule has 0 radical (unpaired) electrons. The van der Waals surface area contributed by atoms with Crippen LogP contribution in [0, 0.1) is 5.82 Å². The van der Waals surface area contributed by atoms with E-state index in [1.807, 2.05) is 6.07 Å². The van der Waals surface area contributed by atoms with Crippen molar-refractivity contribution >= 4 is 5.91 Å². The Bertz CT molecular complexity index is 972. The van der Waals surface area contributed by atoms with Crippen LogP contribution >= 0.6 is 0 Å². The number of halogens is 1. The second-order valence-corrected chi connectivity index (χ2v) is 6.96. The van der Waals surface area contributed by atoms with E-state index in [1.54, 1.807) is 12.1 Å². The van der Waals surface area contributed by atoms with E-state index >= 15 is 0 Å². The predicted octanol–water partition coefficient (Wildman–Crippen LogP) is 3.15. The zero-order valence-corrected chi connectivity index (χ0v) is 14.0.